The number of rotatable bonds is 7. The molecule has 0 spiro atoms. The number of hydrogen-bond donors (Lipinski definition) is 0. The summed E-state index contributed by atoms with van der Waals surface area (Å²) in [5.74, 6) is -1.56. The average molecular weight is 530 g/mol. The van der Waals surface area contributed by atoms with Gasteiger partial charge in [0.25, 0.3) is 5.56 Å². The molecule has 39 heavy (non-hydrogen) atoms. The topological polar surface area (TPSA) is 101 Å². The SMILES string of the molecule is Cn1cc(-c2cc(Oc3ccc(CC(=O)c4cn(C)c(=O)n(-c5ccc(F)cc5)c4=O)cc3F)ccn2)cn1. The number of nitrogens with zero attached hydrogens (tertiary/aromatic N) is 5. The maximum atomic E-state index is 14.9. The molecular weight excluding hydrogens is 508 g/mol. The van der Waals surface area contributed by atoms with Crippen molar-refractivity contribution in [3.05, 3.63) is 123 Å². The van der Waals surface area contributed by atoms with Gasteiger partial charge in [-0.2, -0.15) is 5.10 Å². The lowest BCUT2D eigenvalue weighted by atomic mass is 10.0. The zero-order valence-electron chi connectivity index (χ0n) is 20.8. The molecule has 0 atom stereocenters. The summed E-state index contributed by atoms with van der Waals surface area (Å²) in [6, 6.07) is 12.0. The van der Waals surface area contributed by atoms with E-state index in [0.717, 1.165) is 39.1 Å². The van der Waals surface area contributed by atoms with E-state index in [-0.39, 0.29) is 23.4 Å². The summed E-state index contributed by atoms with van der Waals surface area (Å²) in [7, 11) is 3.18. The Morgan fingerprint density at radius 2 is 1.74 bits per heavy atom. The molecule has 5 rings (SSSR count). The van der Waals surface area contributed by atoms with E-state index in [4.69, 9.17) is 4.74 Å². The van der Waals surface area contributed by atoms with Crippen LogP contribution in [0.4, 0.5) is 8.78 Å². The second-order valence-corrected chi connectivity index (χ2v) is 8.80. The van der Waals surface area contributed by atoms with Gasteiger partial charge in [-0.1, -0.05) is 6.07 Å². The van der Waals surface area contributed by atoms with Crippen LogP contribution in [-0.2, 0) is 20.5 Å². The second kappa shape index (κ2) is 10.3. The smallest absolute Gasteiger partial charge is 0.335 e. The average Bonchev–Trinajstić information content (AvgIpc) is 3.35. The third kappa shape index (κ3) is 5.28. The van der Waals surface area contributed by atoms with Crippen LogP contribution in [0.1, 0.15) is 15.9 Å². The summed E-state index contributed by atoms with van der Waals surface area (Å²) in [6.07, 6.45) is 5.82. The van der Waals surface area contributed by atoms with Crippen molar-refractivity contribution in [3.8, 4) is 28.4 Å². The number of aromatic nitrogens is 5. The van der Waals surface area contributed by atoms with Gasteiger partial charge in [0.15, 0.2) is 17.3 Å². The van der Waals surface area contributed by atoms with Crippen molar-refractivity contribution in [1.29, 1.82) is 0 Å². The van der Waals surface area contributed by atoms with Crippen LogP contribution in [0, 0.1) is 11.6 Å². The number of ether oxygens (including phenoxy) is 1. The first kappa shape index (κ1) is 25.5. The molecule has 0 saturated heterocycles. The minimum Gasteiger partial charge on any atom is -0.454 e. The number of carbonyl (C=O) groups is 1. The van der Waals surface area contributed by atoms with Gasteiger partial charge < -0.3 is 9.30 Å². The molecule has 0 aliphatic heterocycles. The number of benzene rings is 2. The highest BCUT2D eigenvalue weighted by molar-refractivity contribution is 5.97. The van der Waals surface area contributed by atoms with Crippen molar-refractivity contribution in [3.63, 3.8) is 0 Å². The second-order valence-electron chi connectivity index (χ2n) is 8.80. The predicted molar refractivity (Wildman–Crippen MR) is 138 cm³/mol. The first-order valence-corrected chi connectivity index (χ1v) is 11.7. The Balaban J connectivity index is 1.37. The molecule has 9 nitrogen and oxygen atoms in total. The van der Waals surface area contributed by atoms with Crippen LogP contribution in [-0.4, -0.2) is 29.7 Å². The Morgan fingerprint density at radius 1 is 0.974 bits per heavy atom. The van der Waals surface area contributed by atoms with Gasteiger partial charge in [0.05, 0.1) is 17.6 Å². The monoisotopic (exact) mass is 529 g/mol. The Kier molecular flexibility index (Phi) is 6.72. The first-order valence-electron chi connectivity index (χ1n) is 11.7. The lowest BCUT2D eigenvalue weighted by molar-refractivity contribution is 0.0990. The minimum absolute atomic E-state index is 0.0599. The molecule has 0 radical (unpaired) electrons. The molecule has 3 heterocycles. The van der Waals surface area contributed by atoms with Crippen molar-refractivity contribution in [2.75, 3.05) is 0 Å². The van der Waals surface area contributed by atoms with Crippen molar-refractivity contribution in [2.24, 2.45) is 14.1 Å². The van der Waals surface area contributed by atoms with Crippen LogP contribution in [0.5, 0.6) is 11.5 Å². The quantitative estimate of drug-likeness (QED) is 0.297. The highest BCUT2D eigenvalue weighted by atomic mass is 19.1. The molecule has 0 fully saturated rings. The van der Waals surface area contributed by atoms with Gasteiger partial charge in [-0.3, -0.25) is 19.3 Å². The van der Waals surface area contributed by atoms with Crippen LogP contribution < -0.4 is 16.0 Å². The molecule has 0 N–H and O–H groups in total. The van der Waals surface area contributed by atoms with E-state index in [9.17, 15) is 23.2 Å². The first-order chi connectivity index (χ1) is 18.7. The zero-order chi connectivity index (χ0) is 27.7. The lowest BCUT2D eigenvalue weighted by Crippen LogP contribution is -2.40. The fourth-order valence-electron chi connectivity index (χ4n) is 4.01. The molecule has 5 aromatic rings. The normalized spacial score (nSPS) is 11.0. The van der Waals surface area contributed by atoms with Gasteiger partial charge >= 0.3 is 5.69 Å². The Hall–Kier alpha value is -5.19. The number of pyridine rings is 1. The van der Waals surface area contributed by atoms with Crippen LogP contribution in [0.2, 0.25) is 0 Å². The fraction of sp³-hybridized carbons (Fsp3) is 0.107. The van der Waals surface area contributed by atoms with E-state index in [1.165, 1.54) is 37.5 Å². The fourth-order valence-corrected chi connectivity index (χ4v) is 4.01. The number of halogens is 2. The molecular formula is C28H21F2N5O4. The van der Waals surface area contributed by atoms with E-state index in [1.807, 2.05) is 0 Å². The molecule has 0 amide bonds. The van der Waals surface area contributed by atoms with Gasteiger partial charge in [0, 0.05) is 50.7 Å². The molecule has 196 valence electrons. The standard InChI is InChI=1S/C28H21F2N5O4/c1-33-16-22(27(37)35(28(33)38)20-6-4-19(29)5-7-20)25(36)12-17-3-8-26(23(30)11-17)39-21-9-10-31-24(13-21)18-14-32-34(2)15-18/h3-11,13-16H,12H2,1-2H3. The number of ketones is 1. The Bertz CT molecular complexity index is 1820. The summed E-state index contributed by atoms with van der Waals surface area (Å²) in [6.45, 7) is 0. The third-order valence-corrected chi connectivity index (χ3v) is 5.96. The van der Waals surface area contributed by atoms with Crippen LogP contribution in [0.15, 0.2) is 89.0 Å². The summed E-state index contributed by atoms with van der Waals surface area (Å²) in [5, 5.41) is 4.11. The summed E-state index contributed by atoms with van der Waals surface area (Å²) < 4.78 is 37.5. The molecule has 0 saturated carbocycles. The zero-order valence-corrected chi connectivity index (χ0v) is 20.8. The molecule has 0 bridgehead atoms. The number of Topliss-reactive ketones (excluding diaryl/α,β-unsaturated/α-hetero) is 1. The van der Waals surface area contributed by atoms with Gasteiger partial charge in [-0.15, -0.1) is 0 Å². The number of carbonyl (C=O) groups excluding carboxylic acids is 1. The predicted octanol–water partition coefficient (Wildman–Crippen LogP) is 3.83. The summed E-state index contributed by atoms with van der Waals surface area (Å²) in [5.41, 5.74) is -0.0113. The maximum Gasteiger partial charge on any atom is 0.335 e. The largest absolute Gasteiger partial charge is 0.454 e. The van der Waals surface area contributed by atoms with Crippen molar-refractivity contribution in [2.45, 2.75) is 6.42 Å². The van der Waals surface area contributed by atoms with Crippen LogP contribution >= 0.6 is 0 Å². The van der Waals surface area contributed by atoms with Gasteiger partial charge in [0.2, 0.25) is 0 Å². The van der Waals surface area contributed by atoms with Gasteiger partial charge in [-0.05, 0) is 48.0 Å². The van der Waals surface area contributed by atoms with E-state index in [0.29, 0.717) is 17.0 Å². The van der Waals surface area contributed by atoms with Crippen molar-refractivity contribution >= 4 is 5.78 Å². The Labute approximate surface area is 220 Å². The van der Waals surface area contributed by atoms with Crippen molar-refractivity contribution in [1.82, 2.24) is 23.9 Å². The lowest BCUT2D eigenvalue weighted by Gasteiger charge is -2.11. The van der Waals surface area contributed by atoms with Crippen LogP contribution in [0.3, 0.4) is 0 Å². The molecule has 3 aromatic heterocycles. The molecule has 11 heteroatoms. The van der Waals surface area contributed by atoms with E-state index in [2.05, 4.69) is 10.1 Å². The Morgan fingerprint density at radius 3 is 2.44 bits per heavy atom. The number of hydrogen-bond acceptors (Lipinski definition) is 6. The summed E-state index contributed by atoms with van der Waals surface area (Å²) >= 11 is 0. The third-order valence-electron chi connectivity index (χ3n) is 5.96. The van der Waals surface area contributed by atoms with E-state index >= 15 is 0 Å². The molecule has 0 unspecified atom stereocenters. The molecule has 2 aromatic carbocycles. The van der Waals surface area contributed by atoms with Crippen LogP contribution in [0.25, 0.3) is 16.9 Å². The van der Waals surface area contributed by atoms with Gasteiger partial charge in [-0.25, -0.2) is 18.1 Å². The van der Waals surface area contributed by atoms with E-state index in [1.54, 1.807) is 36.3 Å². The minimum atomic E-state index is -0.850. The molecule has 0 aliphatic carbocycles. The number of aryl methyl sites for hydroxylation is 2. The van der Waals surface area contributed by atoms with E-state index < -0.39 is 28.7 Å². The van der Waals surface area contributed by atoms with Gasteiger partial charge in [0.1, 0.15) is 17.1 Å². The van der Waals surface area contributed by atoms with Crippen molar-refractivity contribution < 1.29 is 18.3 Å². The molecule has 0 aliphatic rings. The highest BCUT2D eigenvalue weighted by Crippen LogP contribution is 2.28. The maximum absolute atomic E-state index is 14.9. The highest BCUT2D eigenvalue weighted by Gasteiger charge is 2.19. The summed E-state index contributed by atoms with van der Waals surface area (Å²) in [4.78, 5) is 43.0.